The van der Waals surface area contributed by atoms with Crippen molar-refractivity contribution in [2.75, 3.05) is 13.2 Å². The van der Waals surface area contributed by atoms with Gasteiger partial charge in [-0.15, -0.1) is 13.2 Å². The summed E-state index contributed by atoms with van der Waals surface area (Å²) in [6, 6.07) is 0. The molecule has 0 N–H and O–H groups in total. The maximum absolute atomic E-state index is 9.63. The third-order valence-electron chi connectivity index (χ3n) is 1.22. The number of unbranched alkanes of at least 4 members (excludes halogenated alkanes) is 1. The molecule has 3 heteroatoms. The van der Waals surface area contributed by atoms with E-state index in [1.807, 2.05) is 27.7 Å². The Labute approximate surface area is 105 Å². The molecule has 0 spiro atoms. The molecule has 90 valence electrons. The SMILES string of the molecule is CC(C)C[O-].CC(C)C[O-].CCC[CH2][Al+2]. The predicted molar refractivity (Wildman–Crippen MR) is 64.9 cm³/mol. The molecule has 0 radical (unpaired) electrons. The van der Waals surface area contributed by atoms with Crippen molar-refractivity contribution < 1.29 is 10.2 Å². The number of rotatable bonds is 4. The second-order valence-corrected chi connectivity index (χ2v) is 4.84. The van der Waals surface area contributed by atoms with Gasteiger partial charge in [0.1, 0.15) is 0 Å². The molecule has 2 nitrogen and oxygen atoms in total. The summed E-state index contributed by atoms with van der Waals surface area (Å²) in [4.78, 5) is 0. The minimum atomic E-state index is 0.0556. The molecule has 0 aromatic rings. The second-order valence-electron chi connectivity index (χ2n) is 4.26. The van der Waals surface area contributed by atoms with Crippen molar-refractivity contribution in [2.45, 2.75) is 52.7 Å². The van der Waals surface area contributed by atoms with Crippen LogP contribution in [-0.4, -0.2) is 29.5 Å². The van der Waals surface area contributed by atoms with Crippen LogP contribution in [0.3, 0.4) is 0 Å². The van der Waals surface area contributed by atoms with Gasteiger partial charge in [0.05, 0.1) is 0 Å². The molecule has 0 saturated heterocycles. The van der Waals surface area contributed by atoms with Crippen molar-refractivity contribution in [2.24, 2.45) is 11.8 Å². The Morgan fingerprint density at radius 3 is 1.20 bits per heavy atom. The molecule has 0 rings (SSSR count). The molecule has 0 aromatic carbocycles. The first-order valence-corrected chi connectivity index (χ1v) is 6.64. The van der Waals surface area contributed by atoms with Crippen molar-refractivity contribution >= 4 is 16.3 Å². The molecule has 0 unspecified atom stereocenters. The summed E-state index contributed by atoms with van der Waals surface area (Å²) < 4.78 is 0. The Morgan fingerprint density at radius 1 is 0.933 bits per heavy atom. The van der Waals surface area contributed by atoms with Crippen molar-refractivity contribution in [3.8, 4) is 0 Å². The molecule has 0 bridgehead atoms. The van der Waals surface area contributed by atoms with E-state index in [2.05, 4.69) is 23.2 Å². The molecular formula is C12H27AlO2. The molecule has 0 atom stereocenters. The summed E-state index contributed by atoms with van der Waals surface area (Å²) in [6.45, 7) is 9.95. The van der Waals surface area contributed by atoms with Gasteiger partial charge in [-0.3, -0.25) is 0 Å². The molecule has 0 amide bonds. The van der Waals surface area contributed by atoms with Crippen LogP contribution in [-0.2, 0) is 0 Å². The zero-order valence-corrected chi connectivity index (χ0v) is 12.2. The van der Waals surface area contributed by atoms with Crippen molar-refractivity contribution in [3.05, 3.63) is 0 Å². The first-order valence-electron chi connectivity index (χ1n) is 5.82. The van der Waals surface area contributed by atoms with Gasteiger partial charge < -0.3 is 10.2 Å². The Bertz CT molecular complexity index is 75.7. The summed E-state index contributed by atoms with van der Waals surface area (Å²) in [5, 5.41) is 20.5. The number of hydrogen-bond acceptors (Lipinski definition) is 2. The summed E-state index contributed by atoms with van der Waals surface area (Å²) in [6.07, 6.45) is 2.67. The summed E-state index contributed by atoms with van der Waals surface area (Å²) in [5.41, 5.74) is 0. The van der Waals surface area contributed by atoms with E-state index in [1.54, 1.807) is 0 Å². The van der Waals surface area contributed by atoms with E-state index in [4.69, 9.17) is 0 Å². The third-order valence-corrected chi connectivity index (χ3v) is 1.63. The van der Waals surface area contributed by atoms with Crippen LogP contribution in [0.5, 0.6) is 0 Å². The molecule has 0 saturated carbocycles. The van der Waals surface area contributed by atoms with Gasteiger partial charge in [0.15, 0.2) is 0 Å². The van der Waals surface area contributed by atoms with Gasteiger partial charge in [-0.1, -0.05) is 39.5 Å². The monoisotopic (exact) mass is 230 g/mol. The zero-order chi connectivity index (χ0) is 12.7. The van der Waals surface area contributed by atoms with Crippen molar-refractivity contribution in [1.29, 1.82) is 0 Å². The fraction of sp³-hybridized carbons (Fsp3) is 1.00. The van der Waals surface area contributed by atoms with Crippen LogP contribution in [0.15, 0.2) is 0 Å². The van der Waals surface area contributed by atoms with Crippen LogP contribution < -0.4 is 10.2 Å². The normalized spacial score (nSPS) is 9.27. The molecule has 15 heavy (non-hydrogen) atoms. The average molecular weight is 230 g/mol. The molecule has 0 aliphatic heterocycles. The summed E-state index contributed by atoms with van der Waals surface area (Å²) >= 11 is 2.70. The fourth-order valence-corrected chi connectivity index (χ4v) is 0.612. The van der Waals surface area contributed by atoms with E-state index in [1.165, 1.54) is 18.1 Å². The van der Waals surface area contributed by atoms with Gasteiger partial charge in [0.25, 0.3) is 0 Å². The van der Waals surface area contributed by atoms with Gasteiger partial charge in [0, 0.05) is 0 Å². The summed E-state index contributed by atoms with van der Waals surface area (Å²) in [7, 11) is 0. The van der Waals surface area contributed by atoms with Crippen LogP contribution in [0.2, 0.25) is 5.28 Å². The van der Waals surface area contributed by atoms with E-state index >= 15 is 0 Å². The Balaban J connectivity index is -0.000000144. The zero-order valence-electron chi connectivity index (χ0n) is 11.1. The van der Waals surface area contributed by atoms with E-state index in [0.29, 0.717) is 11.8 Å². The Kier molecular flexibility index (Phi) is 27.7. The molecule has 0 aliphatic rings. The van der Waals surface area contributed by atoms with Crippen LogP contribution in [0.1, 0.15) is 47.5 Å². The molecule has 0 fully saturated rings. The van der Waals surface area contributed by atoms with E-state index < -0.39 is 0 Å². The molecule has 0 aromatic heterocycles. The average Bonchev–Trinajstić information content (AvgIpc) is 2.20. The quantitative estimate of drug-likeness (QED) is 0.685. The summed E-state index contributed by atoms with van der Waals surface area (Å²) in [5.74, 6) is 0.657. The Morgan fingerprint density at radius 2 is 1.20 bits per heavy atom. The first-order chi connectivity index (χ1) is 6.95. The molecule has 0 heterocycles. The Hall–Kier alpha value is 0.452. The van der Waals surface area contributed by atoms with Crippen LogP contribution in [0.25, 0.3) is 0 Å². The van der Waals surface area contributed by atoms with Crippen molar-refractivity contribution in [1.82, 2.24) is 0 Å². The van der Waals surface area contributed by atoms with E-state index in [-0.39, 0.29) is 13.2 Å². The van der Waals surface area contributed by atoms with E-state index in [0.717, 1.165) is 0 Å². The van der Waals surface area contributed by atoms with E-state index in [9.17, 15) is 10.2 Å². The van der Waals surface area contributed by atoms with Gasteiger partial charge in [-0.2, -0.15) is 0 Å². The fourth-order valence-electron chi connectivity index (χ4n) is 0.204. The maximum atomic E-state index is 9.63. The van der Waals surface area contributed by atoms with Crippen LogP contribution in [0.4, 0.5) is 0 Å². The second kappa shape index (κ2) is 19.9. The minimum absolute atomic E-state index is 0.0556. The molecule has 0 aliphatic carbocycles. The van der Waals surface area contributed by atoms with Gasteiger partial charge in [-0.25, -0.2) is 0 Å². The van der Waals surface area contributed by atoms with Crippen molar-refractivity contribution in [3.63, 3.8) is 0 Å². The topological polar surface area (TPSA) is 46.1 Å². The molecular weight excluding hydrogens is 203 g/mol. The van der Waals surface area contributed by atoms with Crippen LogP contribution in [0, 0.1) is 11.8 Å². The standard InChI is InChI=1S/2C4H9O.C4H9.Al/c2*1-4(2)3-5;1-3-4-2;/h2*4H,3H2,1-2H3;1,3-4H2,2H3;/q2*-1;;+2. The first kappa shape index (κ1) is 20.8. The van der Waals surface area contributed by atoms with Crippen LogP contribution >= 0.6 is 0 Å². The van der Waals surface area contributed by atoms with Gasteiger partial charge >= 0.3 is 41.3 Å². The third kappa shape index (κ3) is 53.8. The van der Waals surface area contributed by atoms with Gasteiger partial charge in [0.2, 0.25) is 0 Å². The van der Waals surface area contributed by atoms with Gasteiger partial charge in [-0.05, 0) is 0 Å². The predicted octanol–water partition coefficient (Wildman–Crippen LogP) is 1.38. The number of hydrogen-bond donors (Lipinski definition) is 0.